The number of hydrogen-bond acceptors (Lipinski definition) is 4. The molecule has 2 aromatic rings. The summed E-state index contributed by atoms with van der Waals surface area (Å²) in [5.74, 6) is -1.33. The Morgan fingerprint density at radius 3 is 2.58 bits per heavy atom. The van der Waals surface area contributed by atoms with Gasteiger partial charge in [-0.25, -0.2) is 4.79 Å². The lowest BCUT2D eigenvalue weighted by atomic mass is 10.1. The van der Waals surface area contributed by atoms with Crippen molar-refractivity contribution in [3.8, 4) is 0 Å². The fraction of sp³-hybridized carbons (Fsp3) is 0.316. The van der Waals surface area contributed by atoms with Crippen LogP contribution in [-0.4, -0.2) is 35.4 Å². The van der Waals surface area contributed by atoms with Gasteiger partial charge in [-0.05, 0) is 37.1 Å². The molecule has 0 spiro atoms. The molecule has 136 valence electrons. The Bertz CT molecular complexity index is 780. The average molecular weight is 355 g/mol. The monoisotopic (exact) mass is 355 g/mol. The van der Waals surface area contributed by atoms with Crippen LogP contribution in [0.4, 0.5) is 5.69 Å². The lowest BCUT2D eigenvalue weighted by Gasteiger charge is -2.15. The molecule has 3 N–H and O–H groups in total. The minimum Gasteiger partial charge on any atom is -0.451 e. The van der Waals surface area contributed by atoms with Crippen molar-refractivity contribution < 1.29 is 19.1 Å². The Hall–Kier alpha value is -3.09. The van der Waals surface area contributed by atoms with Crippen LogP contribution in [0.2, 0.25) is 0 Å². The molecule has 2 amide bonds. The van der Waals surface area contributed by atoms with Crippen LogP contribution < -0.4 is 10.6 Å². The van der Waals surface area contributed by atoms with E-state index in [2.05, 4.69) is 15.6 Å². The highest BCUT2D eigenvalue weighted by molar-refractivity contribution is 6.04. The highest BCUT2D eigenvalue weighted by Gasteiger charge is 2.20. The maximum Gasteiger partial charge on any atom is 0.355 e. The summed E-state index contributed by atoms with van der Waals surface area (Å²) in [4.78, 5) is 39.0. The smallest absolute Gasteiger partial charge is 0.355 e. The number of carbonyl (C=O) groups excluding carboxylic acids is 3. The second kappa shape index (κ2) is 8.33. The zero-order valence-electron chi connectivity index (χ0n) is 14.3. The first-order valence-electron chi connectivity index (χ1n) is 8.64. The van der Waals surface area contributed by atoms with Gasteiger partial charge in [0.05, 0.1) is 11.3 Å². The molecule has 1 saturated carbocycles. The fourth-order valence-corrected chi connectivity index (χ4v) is 2.98. The molecule has 1 aliphatic rings. The molecule has 1 fully saturated rings. The number of hydrogen-bond donors (Lipinski definition) is 3. The zero-order valence-corrected chi connectivity index (χ0v) is 14.3. The standard InChI is InChI=1S/C19H21N3O4/c23-17(12-26-19(25)16-10-5-11-20-16)22-15-9-4-3-8-14(15)18(24)21-13-6-1-2-7-13/h3-5,8-11,13,20H,1-2,6-7,12H2,(H,21,24)(H,22,23). The summed E-state index contributed by atoms with van der Waals surface area (Å²) in [7, 11) is 0. The topological polar surface area (TPSA) is 100 Å². The molecule has 1 aliphatic carbocycles. The number of aromatic amines is 1. The molecule has 0 radical (unpaired) electrons. The second-order valence-corrected chi connectivity index (χ2v) is 6.21. The zero-order chi connectivity index (χ0) is 18.4. The number of nitrogens with one attached hydrogen (secondary N) is 3. The first-order valence-corrected chi connectivity index (χ1v) is 8.64. The lowest BCUT2D eigenvalue weighted by molar-refractivity contribution is -0.119. The number of H-pyrrole nitrogens is 1. The van der Waals surface area contributed by atoms with Gasteiger partial charge in [-0.2, -0.15) is 0 Å². The second-order valence-electron chi connectivity index (χ2n) is 6.21. The SMILES string of the molecule is O=C(COC(=O)c1ccc[nH]1)Nc1ccccc1C(=O)NC1CCCC1. The van der Waals surface area contributed by atoms with E-state index in [9.17, 15) is 14.4 Å². The number of aromatic nitrogens is 1. The van der Waals surface area contributed by atoms with Crippen LogP contribution in [0, 0.1) is 0 Å². The number of para-hydroxylation sites is 1. The first kappa shape index (κ1) is 17.7. The van der Waals surface area contributed by atoms with Gasteiger partial charge in [0.15, 0.2) is 6.61 Å². The number of carbonyl (C=O) groups is 3. The van der Waals surface area contributed by atoms with Gasteiger partial charge in [0, 0.05) is 12.2 Å². The molecular weight excluding hydrogens is 334 g/mol. The molecule has 0 aliphatic heterocycles. The predicted molar refractivity (Wildman–Crippen MR) is 95.9 cm³/mol. The van der Waals surface area contributed by atoms with Crippen molar-refractivity contribution in [2.24, 2.45) is 0 Å². The molecule has 7 heteroatoms. The van der Waals surface area contributed by atoms with Gasteiger partial charge < -0.3 is 20.4 Å². The van der Waals surface area contributed by atoms with Gasteiger partial charge in [0.25, 0.3) is 11.8 Å². The molecule has 1 heterocycles. The van der Waals surface area contributed by atoms with E-state index in [4.69, 9.17) is 4.74 Å². The van der Waals surface area contributed by atoms with Gasteiger partial charge >= 0.3 is 5.97 Å². The van der Waals surface area contributed by atoms with E-state index in [1.54, 1.807) is 42.6 Å². The number of esters is 1. The third-order valence-corrected chi connectivity index (χ3v) is 4.29. The summed E-state index contributed by atoms with van der Waals surface area (Å²) >= 11 is 0. The van der Waals surface area contributed by atoms with Crippen LogP contribution in [0.1, 0.15) is 46.5 Å². The Balaban J connectivity index is 1.57. The van der Waals surface area contributed by atoms with Gasteiger partial charge in [0.2, 0.25) is 0 Å². The van der Waals surface area contributed by atoms with Crippen molar-refractivity contribution in [3.63, 3.8) is 0 Å². The van der Waals surface area contributed by atoms with Crippen molar-refractivity contribution in [2.45, 2.75) is 31.7 Å². The summed E-state index contributed by atoms with van der Waals surface area (Å²) in [5.41, 5.74) is 1.06. The molecule has 7 nitrogen and oxygen atoms in total. The highest BCUT2D eigenvalue weighted by Crippen LogP contribution is 2.20. The number of benzene rings is 1. The maximum atomic E-state index is 12.5. The quantitative estimate of drug-likeness (QED) is 0.693. The molecule has 3 rings (SSSR count). The van der Waals surface area contributed by atoms with E-state index in [1.807, 2.05) is 0 Å². The summed E-state index contributed by atoms with van der Waals surface area (Å²) in [6, 6.07) is 10.2. The van der Waals surface area contributed by atoms with Crippen molar-refractivity contribution in [1.29, 1.82) is 0 Å². The van der Waals surface area contributed by atoms with E-state index >= 15 is 0 Å². The van der Waals surface area contributed by atoms with Gasteiger partial charge in [0.1, 0.15) is 5.69 Å². The Morgan fingerprint density at radius 1 is 1.08 bits per heavy atom. The van der Waals surface area contributed by atoms with Gasteiger partial charge in [-0.1, -0.05) is 25.0 Å². The van der Waals surface area contributed by atoms with Crippen molar-refractivity contribution in [3.05, 3.63) is 53.9 Å². The average Bonchev–Trinajstić information content (AvgIpc) is 3.34. The summed E-state index contributed by atoms with van der Waals surface area (Å²) < 4.78 is 4.95. The predicted octanol–water partition coefficient (Wildman–Crippen LogP) is 2.48. The number of ether oxygens (including phenoxy) is 1. The summed E-state index contributed by atoms with van der Waals surface area (Å²) in [6.45, 7) is -0.434. The minimum atomic E-state index is -0.614. The number of rotatable bonds is 6. The minimum absolute atomic E-state index is 0.188. The van der Waals surface area contributed by atoms with Crippen LogP contribution in [0.25, 0.3) is 0 Å². The van der Waals surface area contributed by atoms with Crippen LogP contribution in [0.3, 0.4) is 0 Å². The molecule has 0 unspecified atom stereocenters. The van der Waals surface area contributed by atoms with Crippen LogP contribution in [0.15, 0.2) is 42.6 Å². The van der Waals surface area contributed by atoms with Crippen LogP contribution in [0.5, 0.6) is 0 Å². The number of anilines is 1. The summed E-state index contributed by atoms with van der Waals surface area (Å²) in [5, 5.41) is 5.63. The molecule has 0 saturated heterocycles. The molecule has 26 heavy (non-hydrogen) atoms. The molecule has 1 aromatic heterocycles. The fourth-order valence-electron chi connectivity index (χ4n) is 2.98. The van der Waals surface area contributed by atoms with E-state index < -0.39 is 18.5 Å². The molecular formula is C19H21N3O4. The van der Waals surface area contributed by atoms with Crippen LogP contribution >= 0.6 is 0 Å². The van der Waals surface area contributed by atoms with Crippen LogP contribution in [-0.2, 0) is 9.53 Å². The first-order chi connectivity index (χ1) is 12.6. The van der Waals surface area contributed by atoms with Gasteiger partial charge in [-0.3, -0.25) is 9.59 Å². The van der Waals surface area contributed by atoms with Crippen molar-refractivity contribution in [2.75, 3.05) is 11.9 Å². The third-order valence-electron chi connectivity index (χ3n) is 4.29. The molecule has 0 atom stereocenters. The maximum absolute atomic E-state index is 12.5. The van der Waals surface area contributed by atoms with E-state index in [0.29, 0.717) is 11.3 Å². The normalized spacial score (nSPS) is 14.0. The van der Waals surface area contributed by atoms with E-state index in [0.717, 1.165) is 25.7 Å². The van der Waals surface area contributed by atoms with Gasteiger partial charge in [-0.15, -0.1) is 0 Å². The van der Waals surface area contributed by atoms with E-state index in [-0.39, 0.29) is 17.6 Å². The molecule has 1 aromatic carbocycles. The largest absolute Gasteiger partial charge is 0.451 e. The van der Waals surface area contributed by atoms with Crippen molar-refractivity contribution in [1.82, 2.24) is 10.3 Å². The summed E-state index contributed by atoms with van der Waals surface area (Å²) in [6.07, 6.45) is 5.80. The Kier molecular flexibility index (Phi) is 5.68. The highest BCUT2D eigenvalue weighted by atomic mass is 16.5. The number of amides is 2. The van der Waals surface area contributed by atoms with Crippen molar-refractivity contribution >= 4 is 23.5 Å². The lowest BCUT2D eigenvalue weighted by Crippen LogP contribution is -2.33. The third kappa shape index (κ3) is 4.50. The Morgan fingerprint density at radius 2 is 1.85 bits per heavy atom. The Labute approximate surface area is 151 Å². The molecule has 0 bridgehead atoms. The van der Waals surface area contributed by atoms with E-state index in [1.165, 1.54) is 0 Å².